The molecule has 1 aliphatic heterocycles. The lowest BCUT2D eigenvalue weighted by atomic mass is 9.99. The van der Waals surface area contributed by atoms with E-state index in [2.05, 4.69) is 4.72 Å². The second-order valence-electron chi connectivity index (χ2n) is 8.99. The quantitative estimate of drug-likeness (QED) is 0.639. The molecule has 0 fully saturated rings. The number of fused-ring (bicyclic) bond motifs is 1. The molecule has 0 aromatic heterocycles. The van der Waals surface area contributed by atoms with Gasteiger partial charge in [-0.3, -0.25) is 9.52 Å². The molecule has 0 aliphatic carbocycles. The molecule has 1 heterocycles. The van der Waals surface area contributed by atoms with Gasteiger partial charge in [-0.2, -0.15) is 0 Å². The number of amides is 1. The first-order chi connectivity index (χ1) is 15.5. The van der Waals surface area contributed by atoms with Crippen molar-refractivity contribution >= 4 is 21.6 Å². The second kappa shape index (κ2) is 10.1. The molecule has 9 heteroatoms. The van der Waals surface area contributed by atoms with E-state index in [0.717, 1.165) is 5.56 Å². The Morgan fingerprint density at radius 1 is 1.21 bits per heavy atom. The van der Waals surface area contributed by atoms with E-state index in [1.807, 2.05) is 32.8 Å². The maximum Gasteiger partial charge on any atom is 0.262 e. The highest BCUT2D eigenvalue weighted by Gasteiger charge is 2.34. The van der Waals surface area contributed by atoms with E-state index in [-0.39, 0.29) is 52.5 Å². The number of aliphatic hydroxyl groups is 1. The Morgan fingerprint density at radius 2 is 1.88 bits per heavy atom. The zero-order chi connectivity index (χ0) is 24.3. The summed E-state index contributed by atoms with van der Waals surface area (Å²) in [4.78, 5) is 17.2. The Balaban J connectivity index is 2.09. The predicted octanol–water partition coefficient (Wildman–Crippen LogP) is 2.58. The largest absolute Gasteiger partial charge is 0.486 e. The molecular weight excluding hydrogens is 442 g/mol. The number of aryl methyl sites for hydroxylation is 1. The number of nitrogens with zero attached hydrogens (tertiary/aromatic N) is 2. The van der Waals surface area contributed by atoms with Crippen molar-refractivity contribution in [3.63, 3.8) is 0 Å². The molecule has 2 N–H and O–H groups in total. The van der Waals surface area contributed by atoms with Crippen molar-refractivity contribution in [1.29, 1.82) is 0 Å². The third-order valence-corrected chi connectivity index (χ3v) is 7.19. The normalized spacial score (nSPS) is 20.0. The molecule has 180 valence electrons. The van der Waals surface area contributed by atoms with Crippen LogP contribution in [0.1, 0.15) is 29.8 Å². The highest BCUT2D eigenvalue weighted by molar-refractivity contribution is 7.92. The molecule has 1 amide bonds. The van der Waals surface area contributed by atoms with E-state index in [9.17, 15) is 18.3 Å². The van der Waals surface area contributed by atoms with Crippen LogP contribution in [-0.4, -0.2) is 75.2 Å². The third-order valence-electron chi connectivity index (χ3n) is 5.81. The number of aliphatic hydroxyl groups excluding tert-OH is 1. The number of sulfonamides is 1. The molecule has 3 atom stereocenters. The molecule has 33 heavy (non-hydrogen) atoms. The van der Waals surface area contributed by atoms with E-state index in [4.69, 9.17) is 4.74 Å². The molecule has 0 saturated heterocycles. The van der Waals surface area contributed by atoms with Crippen LogP contribution in [0.4, 0.5) is 5.69 Å². The molecule has 1 aliphatic rings. The number of anilines is 1. The van der Waals surface area contributed by atoms with Crippen LogP contribution < -0.4 is 9.46 Å². The Kier molecular flexibility index (Phi) is 7.66. The zero-order valence-electron chi connectivity index (χ0n) is 19.8. The molecule has 0 unspecified atom stereocenters. The van der Waals surface area contributed by atoms with E-state index < -0.39 is 10.0 Å². The summed E-state index contributed by atoms with van der Waals surface area (Å²) in [7, 11) is -0.0328. The number of hydrogen-bond acceptors (Lipinski definition) is 6. The van der Waals surface area contributed by atoms with Crippen molar-refractivity contribution in [3.8, 4) is 5.75 Å². The number of rotatable bonds is 7. The van der Waals surface area contributed by atoms with E-state index in [1.54, 1.807) is 42.2 Å². The number of hydrogen-bond donors (Lipinski definition) is 2. The Bertz CT molecular complexity index is 1090. The van der Waals surface area contributed by atoms with Crippen LogP contribution in [0, 0.1) is 12.8 Å². The predicted molar refractivity (Wildman–Crippen MR) is 128 cm³/mol. The second-order valence-corrected chi connectivity index (χ2v) is 10.7. The van der Waals surface area contributed by atoms with Gasteiger partial charge in [-0.05, 0) is 52.2 Å². The van der Waals surface area contributed by atoms with Crippen LogP contribution in [0.3, 0.4) is 0 Å². The van der Waals surface area contributed by atoms with Crippen LogP contribution in [0.5, 0.6) is 5.75 Å². The fourth-order valence-electron chi connectivity index (χ4n) is 3.82. The summed E-state index contributed by atoms with van der Waals surface area (Å²) >= 11 is 0. The van der Waals surface area contributed by atoms with E-state index >= 15 is 0 Å². The number of para-hydroxylation sites is 1. The Labute approximate surface area is 196 Å². The molecule has 2 aromatic carbocycles. The van der Waals surface area contributed by atoms with Gasteiger partial charge in [0.25, 0.3) is 15.9 Å². The third kappa shape index (κ3) is 5.66. The Morgan fingerprint density at radius 3 is 2.48 bits per heavy atom. The van der Waals surface area contributed by atoms with Crippen molar-refractivity contribution in [1.82, 2.24) is 9.80 Å². The highest BCUT2D eigenvalue weighted by atomic mass is 32.2. The van der Waals surface area contributed by atoms with Gasteiger partial charge in [0.05, 0.1) is 28.8 Å². The highest BCUT2D eigenvalue weighted by Crippen LogP contribution is 2.36. The smallest absolute Gasteiger partial charge is 0.262 e. The summed E-state index contributed by atoms with van der Waals surface area (Å²) in [6.45, 7) is 6.48. The maximum atomic E-state index is 13.4. The van der Waals surface area contributed by atoms with Crippen molar-refractivity contribution in [2.24, 2.45) is 5.92 Å². The lowest BCUT2D eigenvalue weighted by Gasteiger charge is -2.38. The lowest BCUT2D eigenvalue weighted by molar-refractivity contribution is 0.0366. The number of carbonyl (C=O) groups is 1. The fraction of sp³-hybridized carbons (Fsp3) is 0.458. The number of nitrogens with one attached hydrogen (secondary N) is 1. The summed E-state index contributed by atoms with van der Waals surface area (Å²) in [5.74, 6) is -0.162. The van der Waals surface area contributed by atoms with Gasteiger partial charge in [0, 0.05) is 19.0 Å². The van der Waals surface area contributed by atoms with Crippen molar-refractivity contribution in [2.45, 2.75) is 37.8 Å². The number of benzene rings is 2. The summed E-state index contributed by atoms with van der Waals surface area (Å²) in [6.07, 6.45) is -0.301. The van der Waals surface area contributed by atoms with Crippen molar-refractivity contribution < 1.29 is 23.1 Å². The van der Waals surface area contributed by atoms with Crippen LogP contribution in [0.2, 0.25) is 0 Å². The van der Waals surface area contributed by atoms with Crippen LogP contribution in [-0.2, 0) is 10.0 Å². The van der Waals surface area contributed by atoms with Gasteiger partial charge in [0.1, 0.15) is 6.10 Å². The standard InChI is InChI=1S/C24H33N3O5S/c1-16-9-11-19(12-10-16)33(30,31)25-21-8-6-7-20-23(21)32-22(14-26(4)5)17(2)13-27(24(20)29)18(3)15-28/h6-12,17-18,22,25,28H,13-15H2,1-5H3/t17-,18-,22+/m1/s1. The first-order valence-corrected chi connectivity index (χ1v) is 12.5. The topological polar surface area (TPSA) is 99.2 Å². The minimum Gasteiger partial charge on any atom is -0.486 e. The van der Waals surface area contributed by atoms with Gasteiger partial charge < -0.3 is 19.6 Å². The van der Waals surface area contributed by atoms with Crippen LogP contribution >= 0.6 is 0 Å². The number of ether oxygens (including phenoxy) is 1. The number of carbonyl (C=O) groups excluding carboxylic acids is 1. The van der Waals surface area contributed by atoms with Crippen LogP contribution in [0.25, 0.3) is 0 Å². The SMILES string of the molecule is Cc1ccc(S(=O)(=O)Nc2cccc3c2O[C@@H](CN(C)C)[C@H](C)CN([C@H](C)CO)C3=O)cc1. The minimum absolute atomic E-state index is 0.0553. The van der Waals surface area contributed by atoms with E-state index in [0.29, 0.717) is 13.1 Å². The molecule has 0 bridgehead atoms. The monoisotopic (exact) mass is 475 g/mol. The summed E-state index contributed by atoms with van der Waals surface area (Å²) in [6, 6.07) is 11.0. The van der Waals surface area contributed by atoms with Gasteiger partial charge in [-0.1, -0.05) is 30.7 Å². The maximum absolute atomic E-state index is 13.4. The Hall–Kier alpha value is -2.62. The van der Waals surface area contributed by atoms with E-state index in [1.165, 1.54) is 12.1 Å². The zero-order valence-corrected chi connectivity index (χ0v) is 20.6. The number of likely N-dealkylation sites (N-methyl/N-ethyl adjacent to an activating group) is 1. The van der Waals surface area contributed by atoms with Crippen molar-refractivity contribution in [3.05, 3.63) is 53.6 Å². The minimum atomic E-state index is -3.90. The van der Waals surface area contributed by atoms with Crippen LogP contribution in [0.15, 0.2) is 47.4 Å². The molecule has 0 radical (unpaired) electrons. The summed E-state index contributed by atoms with van der Waals surface area (Å²) < 4.78 is 35.1. The average molecular weight is 476 g/mol. The molecule has 0 saturated carbocycles. The summed E-state index contributed by atoms with van der Waals surface area (Å²) in [5.41, 5.74) is 1.41. The average Bonchev–Trinajstić information content (AvgIpc) is 2.76. The first kappa shape index (κ1) is 25.0. The first-order valence-electron chi connectivity index (χ1n) is 11.0. The van der Waals surface area contributed by atoms with Gasteiger partial charge in [-0.15, -0.1) is 0 Å². The summed E-state index contributed by atoms with van der Waals surface area (Å²) in [5, 5.41) is 9.74. The van der Waals surface area contributed by atoms with Gasteiger partial charge >= 0.3 is 0 Å². The molecule has 8 nitrogen and oxygen atoms in total. The van der Waals surface area contributed by atoms with Gasteiger partial charge in [0.15, 0.2) is 5.75 Å². The van der Waals surface area contributed by atoms with Crippen molar-refractivity contribution in [2.75, 3.05) is 38.5 Å². The molecule has 2 aromatic rings. The van der Waals surface area contributed by atoms with Gasteiger partial charge in [-0.25, -0.2) is 8.42 Å². The fourth-order valence-corrected chi connectivity index (χ4v) is 4.89. The van der Waals surface area contributed by atoms with Gasteiger partial charge in [0.2, 0.25) is 0 Å². The molecular formula is C24H33N3O5S. The molecule has 0 spiro atoms. The lowest BCUT2D eigenvalue weighted by Crippen LogP contribution is -2.49. The molecule has 3 rings (SSSR count).